The van der Waals surface area contributed by atoms with Crippen molar-refractivity contribution >= 4 is 23.2 Å². The number of rotatable bonds is 4. The average Bonchev–Trinajstić information content (AvgIpc) is 2.99. The van der Waals surface area contributed by atoms with Crippen molar-refractivity contribution in [3.8, 4) is 11.4 Å². The van der Waals surface area contributed by atoms with Crippen LogP contribution in [0.15, 0.2) is 36.7 Å². The lowest BCUT2D eigenvalue weighted by Crippen LogP contribution is -2.04. The standard InChI is InChI=1S/C16H15Cl2N5/c1-10(2)12-5-6-19-8-13(12)16-20-22-23(21-16)9-11-3-4-14(17)15(18)7-11/h3-8,10H,9H2,1-2H3. The van der Waals surface area contributed by atoms with Gasteiger partial charge in [-0.25, -0.2) is 0 Å². The quantitative estimate of drug-likeness (QED) is 0.709. The molecule has 0 atom stereocenters. The molecule has 0 radical (unpaired) electrons. The molecule has 23 heavy (non-hydrogen) atoms. The van der Waals surface area contributed by atoms with Crippen LogP contribution in [0.3, 0.4) is 0 Å². The van der Waals surface area contributed by atoms with Crippen LogP contribution in [0.25, 0.3) is 11.4 Å². The topological polar surface area (TPSA) is 56.5 Å². The Morgan fingerprint density at radius 1 is 1.13 bits per heavy atom. The van der Waals surface area contributed by atoms with Crippen LogP contribution >= 0.6 is 23.2 Å². The molecule has 0 saturated carbocycles. The zero-order valence-corrected chi connectivity index (χ0v) is 14.3. The van der Waals surface area contributed by atoms with Gasteiger partial charge in [-0.2, -0.15) is 4.80 Å². The van der Waals surface area contributed by atoms with Crippen molar-refractivity contribution in [1.82, 2.24) is 25.2 Å². The van der Waals surface area contributed by atoms with E-state index in [9.17, 15) is 0 Å². The smallest absolute Gasteiger partial charge is 0.206 e. The van der Waals surface area contributed by atoms with Crippen LogP contribution in [0.1, 0.15) is 30.9 Å². The molecule has 3 rings (SSSR count). The Balaban J connectivity index is 1.87. The molecule has 2 aromatic heterocycles. The van der Waals surface area contributed by atoms with Gasteiger partial charge in [0, 0.05) is 18.0 Å². The molecule has 0 fully saturated rings. The molecule has 1 aromatic carbocycles. The first kappa shape index (κ1) is 15.9. The molecule has 0 aliphatic heterocycles. The summed E-state index contributed by atoms with van der Waals surface area (Å²) >= 11 is 12.0. The van der Waals surface area contributed by atoms with E-state index in [1.165, 1.54) is 4.80 Å². The first-order valence-corrected chi connectivity index (χ1v) is 7.96. The van der Waals surface area contributed by atoms with Crippen LogP contribution < -0.4 is 0 Å². The molecule has 7 heteroatoms. The van der Waals surface area contributed by atoms with Gasteiger partial charge >= 0.3 is 0 Å². The second-order valence-electron chi connectivity index (χ2n) is 5.51. The van der Waals surface area contributed by atoms with Gasteiger partial charge in [-0.3, -0.25) is 4.98 Å². The summed E-state index contributed by atoms with van der Waals surface area (Å²) in [7, 11) is 0. The number of tetrazole rings is 1. The third-order valence-corrected chi connectivity index (χ3v) is 4.22. The van der Waals surface area contributed by atoms with Gasteiger partial charge in [-0.15, -0.1) is 10.2 Å². The Labute approximate surface area is 144 Å². The fraction of sp³-hybridized carbons (Fsp3) is 0.250. The molecular formula is C16H15Cl2N5. The molecule has 0 unspecified atom stereocenters. The van der Waals surface area contributed by atoms with Crippen molar-refractivity contribution < 1.29 is 0 Å². The first-order chi connectivity index (χ1) is 11.0. The highest BCUT2D eigenvalue weighted by Crippen LogP contribution is 2.26. The van der Waals surface area contributed by atoms with E-state index in [0.29, 0.717) is 28.3 Å². The molecule has 0 spiro atoms. The fourth-order valence-corrected chi connectivity index (χ4v) is 2.64. The van der Waals surface area contributed by atoms with Crippen LogP contribution in [0, 0.1) is 0 Å². The first-order valence-electron chi connectivity index (χ1n) is 7.20. The third kappa shape index (κ3) is 3.51. The molecule has 0 aliphatic carbocycles. The van der Waals surface area contributed by atoms with Crippen molar-refractivity contribution in [2.45, 2.75) is 26.3 Å². The second kappa shape index (κ2) is 6.64. The summed E-state index contributed by atoms with van der Waals surface area (Å²) in [6.45, 7) is 4.72. The Hall–Kier alpha value is -1.98. The van der Waals surface area contributed by atoms with Crippen molar-refractivity contribution in [1.29, 1.82) is 0 Å². The third-order valence-electron chi connectivity index (χ3n) is 3.48. The number of halogens is 2. The maximum atomic E-state index is 6.03. The Kier molecular flexibility index (Phi) is 4.59. The summed E-state index contributed by atoms with van der Waals surface area (Å²) in [4.78, 5) is 5.70. The maximum absolute atomic E-state index is 6.03. The minimum absolute atomic E-state index is 0.357. The van der Waals surface area contributed by atoms with Gasteiger partial charge in [0.25, 0.3) is 0 Å². The molecule has 0 N–H and O–H groups in total. The van der Waals surface area contributed by atoms with E-state index in [0.717, 1.165) is 16.7 Å². The lowest BCUT2D eigenvalue weighted by molar-refractivity contribution is 0.573. The SMILES string of the molecule is CC(C)c1ccncc1-c1nnn(Cc2ccc(Cl)c(Cl)c2)n1. The number of pyridine rings is 1. The summed E-state index contributed by atoms with van der Waals surface area (Å²) in [5.41, 5.74) is 3.01. The molecular weight excluding hydrogens is 333 g/mol. The van der Waals surface area contributed by atoms with Crippen molar-refractivity contribution in [3.63, 3.8) is 0 Å². The number of aromatic nitrogens is 5. The lowest BCUT2D eigenvalue weighted by atomic mass is 9.99. The van der Waals surface area contributed by atoms with E-state index < -0.39 is 0 Å². The van der Waals surface area contributed by atoms with Gasteiger partial charge in [0.2, 0.25) is 5.82 Å². The minimum Gasteiger partial charge on any atom is -0.264 e. The van der Waals surface area contributed by atoms with E-state index >= 15 is 0 Å². The van der Waals surface area contributed by atoms with E-state index in [1.807, 2.05) is 12.1 Å². The number of benzene rings is 1. The van der Waals surface area contributed by atoms with Crippen LogP contribution in [0.4, 0.5) is 0 Å². The number of nitrogens with zero attached hydrogens (tertiary/aromatic N) is 5. The fourth-order valence-electron chi connectivity index (χ4n) is 2.31. The zero-order valence-electron chi connectivity index (χ0n) is 12.7. The monoisotopic (exact) mass is 347 g/mol. The maximum Gasteiger partial charge on any atom is 0.206 e. The molecule has 0 bridgehead atoms. The lowest BCUT2D eigenvalue weighted by Gasteiger charge is -2.08. The molecule has 0 saturated heterocycles. The Morgan fingerprint density at radius 2 is 1.96 bits per heavy atom. The highest BCUT2D eigenvalue weighted by molar-refractivity contribution is 6.42. The summed E-state index contributed by atoms with van der Waals surface area (Å²) in [5, 5.41) is 13.8. The molecule has 0 amide bonds. The van der Waals surface area contributed by atoms with E-state index in [2.05, 4.69) is 34.2 Å². The van der Waals surface area contributed by atoms with Gasteiger partial charge in [-0.05, 0) is 40.5 Å². The van der Waals surface area contributed by atoms with Crippen molar-refractivity contribution in [2.24, 2.45) is 0 Å². The minimum atomic E-state index is 0.357. The van der Waals surface area contributed by atoms with E-state index in [4.69, 9.17) is 23.2 Å². The van der Waals surface area contributed by atoms with Gasteiger partial charge in [0.05, 0.1) is 16.6 Å². The average molecular weight is 348 g/mol. The Morgan fingerprint density at radius 3 is 2.70 bits per heavy atom. The normalized spacial score (nSPS) is 11.2. The van der Waals surface area contributed by atoms with Crippen LogP contribution in [-0.4, -0.2) is 25.2 Å². The highest BCUT2D eigenvalue weighted by Gasteiger charge is 2.13. The predicted molar refractivity (Wildman–Crippen MR) is 90.7 cm³/mol. The second-order valence-corrected chi connectivity index (χ2v) is 6.32. The Bertz CT molecular complexity index is 829. The van der Waals surface area contributed by atoms with Gasteiger partial charge in [0.1, 0.15) is 0 Å². The molecule has 118 valence electrons. The van der Waals surface area contributed by atoms with Crippen LogP contribution in [-0.2, 0) is 6.54 Å². The van der Waals surface area contributed by atoms with E-state index in [-0.39, 0.29) is 0 Å². The largest absolute Gasteiger partial charge is 0.264 e. The number of hydrogen-bond acceptors (Lipinski definition) is 4. The summed E-state index contributed by atoms with van der Waals surface area (Å²) in [6, 6.07) is 7.44. The van der Waals surface area contributed by atoms with Gasteiger partial charge < -0.3 is 0 Å². The predicted octanol–water partition coefficient (Wildman–Crippen LogP) is 4.21. The zero-order chi connectivity index (χ0) is 16.4. The van der Waals surface area contributed by atoms with Crippen molar-refractivity contribution in [2.75, 3.05) is 0 Å². The van der Waals surface area contributed by atoms with Crippen molar-refractivity contribution in [3.05, 3.63) is 57.8 Å². The number of hydrogen-bond donors (Lipinski definition) is 0. The van der Waals surface area contributed by atoms with Crippen LogP contribution in [0.5, 0.6) is 0 Å². The van der Waals surface area contributed by atoms with Gasteiger partial charge in [0.15, 0.2) is 0 Å². The van der Waals surface area contributed by atoms with Crippen LogP contribution in [0.2, 0.25) is 10.0 Å². The summed E-state index contributed by atoms with van der Waals surface area (Å²) < 4.78 is 0. The summed E-state index contributed by atoms with van der Waals surface area (Å²) in [5.74, 6) is 0.928. The molecule has 3 aromatic rings. The summed E-state index contributed by atoms with van der Waals surface area (Å²) in [6.07, 6.45) is 3.55. The molecule has 5 nitrogen and oxygen atoms in total. The van der Waals surface area contributed by atoms with Gasteiger partial charge in [-0.1, -0.05) is 43.1 Å². The van der Waals surface area contributed by atoms with E-state index in [1.54, 1.807) is 24.5 Å². The highest BCUT2D eigenvalue weighted by atomic mass is 35.5. The molecule has 0 aliphatic rings. The molecule has 2 heterocycles.